The largest absolute Gasteiger partial charge is 0.508 e. The van der Waals surface area contributed by atoms with E-state index in [-0.39, 0.29) is 5.92 Å². The number of phenols is 2. The molecular weight excluding hydrogens is 661 g/mol. The molecule has 0 bridgehead atoms. The molecule has 0 amide bonds. The van der Waals surface area contributed by atoms with Crippen LogP contribution in [0.2, 0.25) is 58.4 Å². The smallest absolute Gasteiger partial charge is 0.350 e. The van der Waals surface area contributed by atoms with Crippen molar-refractivity contribution in [1.29, 1.82) is 0 Å². The van der Waals surface area contributed by atoms with Crippen molar-refractivity contribution in [2.75, 3.05) is 0 Å². The summed E-state index contributed by atoms with van der Waals surface area (Å²) in [5, 5.41) is 21.4. The van der Waals surface area contributed by atoms with Gasteiger partial charge in [-0.25, -0.2) is 0 Å². The summed E-state index contributed by atoms with van der Waals surface area (Å²) in [6, 6.07) is 23.6. The minimum atomic E-state index is -2.65. The highest BCUT2D eigenvalue weighted by atomic mass is 28.5. The van der Waals surface area contributed by atoms with E-state index in [0.29, 0.717) is 11.5 Å². The second kappa shape index (κ2) is 17.8. The van der Waals surface area contributed by atoms with Gasteiger partial charge in [-0.2, -0.15) is 0 Å². The van der Waals surface area contributed by atoms with Crippen LogP contribution in [0.15, 0.2) is 66.7 Å². The van der Waals surface area contributed by atoms with Crippen LogP contribution < -0.4 is 5.19 Å². The molecule has 0 saturated heterocycles. The molecule has 3 aromatic carbocycles. The van der Waals surface area contributed by atoms with Crippen molar-refractivity contribution in [3.05, 3.63) is 89.0 Å². The highest BCUT2D eigenvalue weighted by Crippen LogP contribution is 2.35. The number of phenolic OH excluding ortho intramolecular Hbond substituents is 2. The highest BCUT2D eigenvalue weighted by molar-refractivity contribution is 6.95. The first-order chi connectivity index (χ1) is 22.4. The van der Waals surface area contributed by atoms with E-state index in [0.717, 1.165) is 36.4 Å². The maximum Gasteiger partial charge on any atom is 0.350 e. The SMILES string of the molecule is Cc1cc(C(CCCCCCCCCC[Si](C)(O[Si](C)(C)C)O[Si](C)(O[Si](C)(C)C)c2ccccc2)c2ccc(O)c(C)c2)ccc1O. The first kappa shape index (κ1) is 40.4. The topological polar surface area (TPSA) is 68.2 Å². The van der Waals surface area contributed by atoms with E-state index >= 15 is 0 Å². The lowest BCUT2D eigenvalue weighted by Crippen LogP contribution is -2.63. The minimum absolute atomic E-state index is 0.255. The van der Waals surface area contributed by atoms with Crippen LogP contribution in [0.3, 0.4) is 0 Å². The molecule has 2 atom stereocenters. The van der Waals surface area contributed by atoms with Crippen LogP contribution in [0.1, 0.15) is 86.0 Å². The highest BCUT2D eigenvalue weighted by Gasteiger charge is 2.47. The molecule has 2 N–H and O–H groups in total. The summed E-state index contributed by atoms with van der Waals surface area (Å²) in [4.78, 5) is 0. The van der Waals surface area contributed by atoms with E-state index < -0.39 is 33.8 Å². The maximum atomic E-state index is 10.1. The third kappa shape index (κ3) is 13.4. The second-order valence-electron chi connectivity index (χ2n) is 16.0. The molecule has 0 aliphatic rings. The number of unbranched alkanes of at least 4 members (excludes halogenated alkanes) is 7. The Morgan fingerprint density at radius 1 is 0.542 bits per heavy atom. The Bertz CT molecular complexity index is 1370. The van der Waals surface area contributed by atoms with Crippen LogP contribution in [0, 0.1) is 13.8 Å². The summed E-state index contributed by atoms with van der Waals surface area (Å²) in [7, 11) is -8.80. The predicted molar refractivity (Wildman–Crippen MR) is 213 cm³/mol. The van der Waals surface area contributed by atoms with Gasteiger partial charge in [0.05, 0.1) is 0 Å². The molecule has 3 aromatic rings. The molecule has 0 aliphatic heterocycles. The van der Waals surface area contributed by atoms with Crippen molar-refractivity contribution in [2.45, 2.75) is 136 Å². The van der Waals surface area contributed by atoms with E-state index in [1.165, 1.54) is 54.8 Å². The fraction of sp³-hybridized carbons (Fsp3) is 0.538. The first-order valence-electron chi connectivity index (χ1n) is 18.1. The zero-order chi connectivity index (χ0) is 35.6. The first-order valence-corrected chi connectivity index (χ1v) is 29.8. The molecule has 266 valence electrons. The van der Waals surface area contributed by atoms with Crippen LogP contribution in [0.25, 0.3) is 0 Å². The normalized spacial score (nSPS) is 15.0. The van der Waals surface area contributed by atoms with Crippen molar-refractivity contribution >= 4 is 38.9 Å². The van der Waals surface area contributed by atoms with Gasteiger partial charge in [-0.3, -0.25) is 0 Å². The van der Waals surface area contributed by atoms with Crippen LogP contribution in [-0.4, -0.2) is 44.0 Å². The lowest BCUT2D eigenvalue weighted by Gasteiger charge is -2.43. The molecule has 0 aliphatic carbocycles. The lowest BCUT2D eigenvalue weighted by atomic mass is 9.85. The Kier molecular flexibility index (Phi) is 15.0. The van der Waals surface area contributed by atoms with E-state index in [2.05, 4.69) is 94.8 Å². The van der Waals surface area contributed by atoms with Crippen molar-refractivity contribution in [2.24, 2.45) is 0 Å². The Morgan fingerprint density at radius 3 is 1.46 bits per heavy atom. The number of aromatic hydroxyl groups is 2. The van der Waals surface area contributed by atoms with Crippen LogP contribution in [0.4, 0.5) is 0 Å². The van der Waals surface area contributed by atoms with Crippen LogP contribution in [-0.2, 0) is 12.3 Å². The number of hydrogen-bond donors (Lipinski definition) is 2. The third-order valence-corrected chi connectivity index (χ3v) is 23.0. The summed E-state index contributed by atoms with van der Waals surface area (Å²) in [6.45, 7) is 22.1. The molecule has 48 heavy (non-hydrogen) atoms. The molecular formula is C39H64O5Si4. The molecule has 3 rings (SSSR count). The summed E-state index contributed by atoms with van der Waals surface area (Å²) in [5.74, 6) is 0.933. The molecule has 0 heterocycles. The van der Waals surface area contributed by atoms with Crippen molar-refractivity contribution in [1.82, 2.24) is 0 Å². The zero-order valence-corrected chi connectivity index (χ0v) is 35.6. The van der Waals surface area contributed by atoms with Gasteiger partial charge >= 0.3 is 17.1 Å². The van der Waals surface area contributed by atoms with E-state index in [4.69, 9.17) is 12.3 Å². The monoisotopic (exact) mass is 724 g/mol. The predicted octanol–water partition coefficient (Wildman–Crippen LogP) is 11.1. The molecule has 0 radical (unpaired) electrons. The second-order valence-corrected chi connectivity index (χ2v) is 32.1. The van der Waals surface area contributed by atoms with Gasteiger partial charge < -0.3 is 22.6 Å². The summed E-state index contributed by atoms with van der Waals surface area (Å²) < 4.78 is 21.1. The molecule has 9 heteroatoms. The number of benzene rings is 3. The number of hydrogen-bond acceptors (Lipinski definition) is 5. The van der Waals surface area contributed by atoms with Gasteiger partial charge in [0.25, 0.3) is 0 Å². The van der Waals surface area contributed by atoms with Gasteiger partial charge in [0.2, 0.25) is 0 Å². The third-order valence-electron chi connectivity index (χ3n) is 8.85. The number of rotatable bonds is 20. The Labute approximate surface area is 296 Å². The van der Waals surface area contributed by atoms with Crippen LogP contribution in [0.5, 0.6) is 11.5 Å². The van der Waals surface area contributed by atoms with Gasteiger partial charge in [0.1, 0.15) is 11.5 Å². The van der Waals surface area contributed by atoms with Crippen molar-refractivity contribution in [3.63, 3.8) is 0 Å². The fourth-order valence-corrected chi connectivity index (χ4v) is 24.5. The average molecular weight is 725 g/mol. The Balaban J connectivity index is 1.49. The fourth-order valence-electron chi connectivity index (χ4n) is 6.82. The van der Waals surface area contributed by atoms with Gasteiger partial charge in [0, 0.05) is 5.92 Å². The lowest BCUT2D eigenvalue weighted by molar-refractivity contribution is 0.327. The molecule has 0 spiro atoms. The van der Waals surface area contributed by atoms with Crippen LogP contribution >= 0.6 is 0 Å². The molecule has 0 saturated carbocycles. The Morgan fingerprint density at radius 2 is 1.00 bits per heavy atom. The van der Waals surface area contributed by atoms with Gasteiger partial charge in [-0.15, -0.1) is 0 Å². The summed E-state index contributed by atoms with van der Waals surface area (Å²) in [5.41, 5.74) is 4.27. The number of aryl methyl sites for hydroxylation is 2. The van der Waals surface area contributed by atoms with E-state index in [1.54, 1.807) is 0 Å². The summed E-state index contributed by atoms with van der Waals surface area (Å²) >= 11 is 0. The quantitative estimate of drug-likeness (QED) is 0.0897. The summed E-state index contributed by atoms with van der Waals surface area (Å²) in [6.07, 6.45) is 10.8. The minimum Gasteiger partial charge on any atom is -0.508 e. The van der Waals surface area contributed by atoms with Gasteiger partial charge in [-0.1, -0.05) is 106 Å². The standard InChI is InChI=1S/C39H64O5Si4/c1-32-30-34(25-27-38(32)40)37(35-26-28-39(41)33(2)31-35)24-20-15-13-11-12-14-16-21-29-47(9,42-45(3,4)5)44-48(10,43-46(6,7)8)36-22-18-17-19-23-36/h17-19,22-23,25-28,30-31,37,40-41H,11-16,20-21,24,29H2,1-10H3. The molecule has 2 unspecified atom stereocenters. The van der Waals surface area contributed by atoms with Gasteiger partial charge in [0.15, 0.2) is 16.6 Å². The van der Waals surface area contributed by atoms with E-state index in [1.807, 2.05) is 38.1 Å². The Hall–Kier alpha value is -1.99. The van der Waals surface area contributed by atoms with Crippen molar-refractivity contribution in [3.8, 4) is 11.5 Å². The van der Waals surface area contributed by atoms with Gasteiger partial charge in [-0.05, 0) is 118 Å². The molecule has 5 nitrogen and oxygen atoms in total. The molecule has 0 fully saturated rings. The maximum absolute atomic E-state index is 10.1. The molecule has 0 aromatic heterocycles. The van der Waals surface area contributed by atoms with Crippen molar-refractivity contribution < 1.29 is 22.6 Å². The van der Waals surface area contributed by atoms with E-state index in [9.17, 15) is 10.2 Å². The average Bonchev–Trinajstić information content (AvgIpc) is 2.97. The zero-order valence-electron chi connectivity index (χ0n) is 31.6.